The highest BCUT2D eigenvalue weighted by atomic mass is 16.5. The number of ether oxygens (including phenoxy) is 1. The van der Waals surface area contributed by atoms with Gasteiger partial charge < -0.3 is 15.0 Å². The molecule has 1 unspecified atom stereocenters. The Hall–Kier alpha value is -1.06. The Labute approximate surface area is 118 Å². The highest BCUT2D eigenvalue weighted by Gasteiger charge is 2.13. The van der Waals surface area contributed by atoms with Crippen LogP contribution < -0.4 is 10.1 Å². The maximum atomic E-state index is 5.31. The molecule has 0 spiro atoms. The normalized spacial score (nSPS) is 12.7. The first kappa shape index (κ1) is 16.0. The number of unbranched alkanes of at least 4 members (excludes halogenated alkanes) is 1. The Morgan fingerprint density at radius 2 is 2.11 bits per heavy atom. The summed E-state index contributed by atoms with van der Waals surface area (Å²) in [5, 5.41) is 3.56. The van der Waals surface area contributed by atoms with E-state index in [1.165, 1.54) is 18.4 Å². The molecule has 0 amide bonds. The summed E-state index contributed by atoms with van der Waals surface area (Å²) in [6.07, 6.45) is 2.50. The Balaban J connectivity index is 2.69. The topological polar surface area (TPSA) is 24.5 Å². The summed E-state index contributed by atoms with van der Waals surface area (Å²) in [7, 11) is 3.91. The molecule has 3 nitrogen and oxygen atoms in total. The second kappa shape index (κ2) is 8.94. The second-order valence-electron chi connectivity index (χ2n) is 5.00. The lowest BCUT2D eigenvalue weighted by atomic mass is 10.1. The van der Waals surface area contributed by atoms with Crippen molar-refractivity contribution in [3.63, 3.8) is 0 Å². The monoisotopic (exact) mass is 264 g/mol. The predicted molar refractivity (Wildman–Crippen MR) is 81.8 cm³/mol. The molecule has 0 aliphatic rings. The smallest absolute Gasteiger partial charge is 0.119 e. The maximum Gasteiger partial charge on any atom is 0.119 e. The van der Waals surface area contributed by atoms with Gasteiger partial charge in [0.25, 0.3) is 0 Å². The van der Waals surface area contributed by atoms with Crippen LogP contribution in [0, 0.1) is 0 Å². The van der Waals surface area contributed by atoms with Gasteiger partial charge >= 0.3 is 0 Å². The van der Waals surface area contributed by atoms with Crippen molar-refractivity contribution in [2.24, 2.45) is 0 Å². The fraction of sp³-hybridized carbons (Fsp3) is 0.625. The molecular formula is C16H28N2O. The summed E-state index contributed by atoms with van der Waals surface area (Å²) < 4.78 is 5.31. The highest BCUT2D eigenvalue weighted by Crippen LogP contribution is 2.20. The molecule has 1 aromatic carbocycles. The lowest BCUT2D eigenvalue weighted by Crippen LogP contribution is -2.33. The van der Waals surface area contributed by atoms with Gasteiger partial charge in [-0.05, 0) is 44.3 Å². The molecule has 1 rings (SSSR count). The van der Waals surface area contributed by atoms with Crippen molar-refractivity contribution >= 4 is 0 Å². The average molecular weight is 264 g/mol. The average Bonchev–Trinajstić information content (AvgIpc) is 2.44. The van der Waals surface area contributed by atoms with Crippen LogP contribution in [-0.4, -0.2) is 38.7 Å². The minimum atomic E-state index is 0.363. The third-order valence-corrected chi connectivity index (χ3v) is 3.33. The molecule has 0 fully saturated rings. The zero-order valence-electron chi connectivity index (χ0n) is 12.8. The van der Waals surface area contributed by atoms with Crippen LogP contribution in [0.5, 0.6) is 5.75 Å². The van der Waals surface area contributed by atoms with Crippen molar-refractivity contribution < 1.29 is 4.74 Å². The summed E-state index contributed by atoms with van der Waals surface area (Å²) in [6.45, 7) is 7.55. The van der Waals surface area contributed by atoms with Crippen LogP contribution in [0.15, 0.2) is 24.3 Å². The first-order valence-corrected chi connectivity index (χ1v) is 7.27. The molecule has 0 radical (unpaired) electrons. The number of nitrogens with one attached hydrogen (secondary N) is 1. The molecule has 0 bridgehead atoms. The number of hydrogen-bond donors (Lipinski definition) is 1. The van der Waals surface area contributed by atoms with E-state index >= 15 is 0 Å². The molecule has 1 aromatic rings. The molecule has 3 heteroatoms. The lowest BCUT2D eigenvalue weighted by Gasteiger charge is -2.25. The zero-order valence-corrected chi connectivity index (χ0v) is 12.8. The van der Waals surface area contributed by atoms with Crippen molar-refractivity contribution in [3.8, 4) is 5.75 Å². The van der Waals surface area contributed by atoms with Crippen molar-refractivity contribution in [2.75, 3.05) is 33.8 Å². The lowest BCUT2D eigenvalue weighted by molar-refractivity contribution is 0.287. The molecule has 19 heavy (non-hydrogen) atoms. The van der Waals surface area contributed by atoms with Crippen molar-refractivity contribution in [2.45, 2.75) is 32.7 Å². The SMILES string of the molecule is CCCCN(C)CC(NCC)c1cccc(OC)c1. The Bertz CT molecular complexity index is 354. The molecule has 0 aromatic heterocycles. The van der Waals surface area contributed by atoms with Gasteiger partial charge in [0, 0.05) is 12.6 Å². The molecule has 0 aliphatic heterocycles. The fourth-order valence-electron chi connectivity index (χ4n) is 2.22. The van der Waals surface area contributed by atoms with Crippen LogP contribution in [0.25, 0.3) is 0 Å². The number of likely N-dealkylation sites (N-methyl/N-ethyl adjacent to an activating group) is 2. The van der Waals surface area contributed by atoms with Gasteiger partial charge in [0.1, 0.15) is 5.75 Å². The maximum absolute atomic E-state index is 5.31. The third-order valence-electron chi connectivity index (χ3n) is 3.33. The van der Waals surface area contributed by atoms with Crippen LogP contribution in [-0.2, 0) is 0 Å². The van der Waals surface area contributed by atoms with Crippen molar-refractivity contribution in [3.05, 3.63) is 29.8 Å². The summed E-state index contributed by atoms with van der Waals surface area (Å²) in [5.74, 6) is 0.927. The first-order chi connectivity index (χ1) is 9.21. The Morgan fingerprint density at radius 1 is 1.32 bits per heavy atom. The van der Waals surface area contributed by atoms with Gasteiger partial charge in [0.15, 0.2) is 0 Å². The van der Waals surface area contributed by atoms with E-state index in [1.807, 2.05) is 6.07 Å². The van der Waals surface area contributed by atoms with E-state index in [9.17, 15) is 0 Å². The highest BCUT2D eigenvalue weighted by molar-refractivity contribution is 5.30. The van der Waals surface area contributed by atoms with E-state index in [2.05, 4.69) is 49.3 Å². The minimum absolute atomic E-state index is 0.363. The number of nitrogens with zero attached hydrogens (tertiary/aromatic N) is 1. The van der Waals surface area contributed by atoms with Crippen LogP contribution in [0.1, 0.15) is 38.3 Å². The quantitative estimate of drug-likeness (QED) is 0.742. The largest absolute Gasteiger partial charge is 0.497 e. The van der Waals surface area contributed by atoms with Gasteiger partial charge in [-0.2, -0.15) is 0 Å². The van der Waals surface area contributed by atoms with E-state index in [0.717, 1.165) is 25.4 Å². The van der Waals surface area contributed by atoms with E-state index in [4.69, 9.17) is 4.74 Å². The molecule has 0 aliphatic carbocycles. The van der Waals surface area contributed by atoms with Gasteiger partial charge in [-0.25, -0.2) is 0 Å². The number of methoxy groups -OCH3 is 1. The van der Waals surface area contributed by atoms with E-state index < -0.39 is 0 Å². The molecule has 1 N–H and O–H groups in total. The zero-order chi connectivity index (χ0) is 14.1. The van der Waals surface area contributed by atoms with Gasteiger partial charge in [-0.3, -0.25) is 0 Å². The van der Waals surface area contributed by atoms with Gasteiger partial charge in [-0.15, -0.1) is 0 Å². The minimum Gasteiger partial charge on any atom is -0.497 e. The number of rotatable bonds is 9. The van der Waals surface area contributed by atoms with Crippen molar-refractivity contribution in [1.82, 2.24) is 10.2 Å². The molecule has 0 saturated carbocycles. The molecular weight excluding hydrogens is 236 g/mol. The second-order valence-corrected chi connectivity index (χ2v) is 5.00. The summed E-state index contributed by atoms with van der Waals surface area (Å²) in [6, 6.07) is 8.71. The summed E-state index contributed by atoms with van der Waals surface area (Å²) >= 11 is 0. The number of hydrogen-bond acceptors (Lipinski definition) is 3. The summed E-state index contributed by atoms with van der Waals surface area (Å²) in [4.78, 5) is 2.40. The third kappa shape index (κ3) is 5.62. The van der Waals surface area contributed by atoms with Crippen LogP contribution in [0.3, 0.4) is 0 Å². The summed E-state index contributed by atoms with van der Waals surface area (Å²) in [5.41, 5.74) is 1.30. The van der Waals surface area contributed by atoms with E-state index in [1.54, 1.807) is 7.11 Å². The van der Waals surface area contributed by atoms with Crippen LogP contribution in [0.4, 0.5) is 0 Å². The predicted octanol–water partition coefficient (Wildman–Crippen LogP) is 3.08. The van der Waals surface area contributed by atoms with Gasteiger partial charge in [-0.1, -0.05) is 32.4 Å². The Kier molecular flexibility index (Phi) is 7.53. The molecule has 0 saturated heterocycles. The fourth-order valence-corrected chi connectivity index (χ4v) is 2.22. The van der Waals surface area contributed by atoms with Crippen LogP contribution >= 0.6 is 0 Å². The van der Waals surface area contributed by atoms with E-state index in [0.29, 0.717) is 6.04 Å². The van der Waals surface area contributed by atoms with Crippen LogP contribution in [0.2, 0.25) is 0 Å². The molecule has 0 heterocycles. The van der Waals surface area contributed by atoms with Gasteiger partial charge in [0.2, 0.25) is 0 Å². The standard InChI is InChI=1S/C16H28N2O/c1-5-7-11-18(3)13-16(17-6-2)14-9-8-10-15(12-14)19-4/h8-10,12,16-17H,5-7,11,13H2,1-4H3. The van der Waals surface area contributed by atoms with E-state index in [-0.39, 0.29) is 0 Å². The van der Waals surface area contributed by atoms with Gasteiger partial charge in [0.05, 0.1) is 7.11 Å². The Morgan fingerprint density at radius 3 is 2.74 bits per heavy atom. The molecule has 108 valence electrons. The first-order valence-electron chi connectivity index (χ1n) is 7.27. The number of benzene rings is 1. The molecule has 1 atom stereocenters. The van der Waals surface area contributed by atoms with Crippen molar-refractivity contribution in [1.29, 1.82) is 0 Å².